The van der Waals surface area contributed by atoms with Gasteiger partial charge in [-0.2, -0.15) is 0 Å². The first-order chi connectivity index (χ1) is 9.92. The van der Waals surface area contributed by atoms with Gasteiger partial charge in [0.1, 0.15) is 5.82 Å². The highest BCUT2D eigenvalue weighted by Gasteiger charge is 2.15. The quantitative estimate of drug-likeness (QED) is 0.905. The number of nitrogens with one attached hydrogen (secondary N) is 1. The molecular weight excluding hydrogens is 293 g/mol. The van der Waals surface area contributed by atoms with E-state index in [0.717, 1.165) is 22.9 Å². The molecule has 21 heavy (non-hydrogen) atoms. The highest BCUT2D eigenvalue weighted by Crippen LogP contribution is 2.24. The van der Waals surface area contributed by atoms with Gasteiger partial charge in [0.15, 0.2) is 0 Å². The van der Waals surface area contributed by atoms with Crippen LogP contribution >= 0.6 is 11.3 Å². The topological polar surface area (TPSA) is 66.4 Å². The summed E-state index contributed by atoms with van der Waals surface area (Å²) >= 11 is 1.37. The van der Waals surface area contributed by atoms with E-state index >= 15 is 0 Å². The maximum Gasteiger partial charge on any atom is 0.335 e. The predicted octanol–water partition coefficient (Wildman–Crippen LogP) is 3.71. The summed E-state index contributed by atoms with van der Waals surface area (Å²) < 4.78 is 13.8. The SMILES string of the molecule is CCc1sc(C(=O)Nc2ccc(C(=O)O)cc2F)cc1C. The summed E-state index contributed by atoms with van der Waals surface area (Å²) in [6, 6.07) is 5.15. The van der Waals surface area contributed by atoms with Gasteiger partial charge in [-0.15, -0.1) is 11.3 Å². The third-order valence-electron chi connectivity index (χ3n) is 3.03. The average molecular weight is 307 g/mol. The first-order valence-corrected chi connectivity index (χ1v) is 7.17. The highest BCUT2D eigenvalue weighted by atomic mass is 32.1. The van der Waals surface area contributed by atoms with E-state index < -0.39 is 17.7 Å². The van der Waals surface area contributed by atoms with Gasteiger partial charge in [-0.1, -0.05) is 6.92 Å². The molecule has 0 atom stereocenters. The zero-order valence-electron chi connectivity index (χ0n) is 11.6. The molecule has 2 N–H and O–H groups in total. The highest BCUT2D eigenvalue weighted by molar-refractivity contribution is 7.14. The Morgan fingerprint density at radius 1 is 1.33 bits per heavy atom. The van der Waals surface area contributed by atoms with Crippen LogP contribution in [-0.2, 0) is 6.42 Å². The fourth-order valence-electron chi connectivity index (χ4n) is 1.92. The van der Waals surface area contributed by atoms with Gasteiger partial charge in [0.2, 0.25) is 0 Å². The monoisotopic (exact) mass is 307 g/mol. The van der Waals surface area contributed by atoms with E-state index in [-0.39, 0.29) is 11.3 Å². The summed E-state index contributed by atoms with van der Waals surface area (Å²) in [6.07, 6.45) is 0.839. The lowest BCUT2D eigenvalue weighted by Gasteiger charge is -2.05. The Labute approximate surface area is 125 Å². The smallest absolute Gasteiger partial charge is 0.335 e. The van der Waals surface area contributed by atoms with Gasteiger partial charge in [0.05, 0.1) is 16.1 Å². The summed E-state index contributed by atoms with van der Waals surface area (Å²) in [6.45, 7) is 3.93. The molecular formula is C15H14FNO3S. The third kappa shape index (κ3) is 3.28. The third-order valence-corrected chi connectivity index (χ3v) is 4.41. The summed E-state index contributed by atoms with van der Waals surface area (Å²) in [7, 11) is 0. The van der Waals surface area contributed by atoms with Crippen molar-refractivity contribution in [3.8, 4) is 0 Å². The van der Waals surface area contributed by atoms with E-state index in [0.29, 0.717) is 4.88 Å². The number of rotatable bonds is 4. The molecule has 0 aliphatic heterocycles. The molecule has 2 aromatic rings. The molecule has 1 amide bonds. The molecule has 2 rings (SSSR count). The van der Waals surface area contributed by atoms with Gasteiger partial charge >= 0.3 is 5.97 Å². The normalized spacial score (nSPS) is 10.4. The van der Waals surface area contributed by atoms with Crippen LogP contribution in [0.1, 0.15) is 37.4 Å². The largest absolute Gasteiger partial charge is 0.478 e. The molecule has 0 saturated carbocycles. The molecule has 0 radical (unpaired) electrons. The lowest BCUT2D eigenvalue weighted by atomic mass is 10.2. The molecule has 0 spiro atoms. The Hall–Kier alpha value is -2.21. The van der Waals surface area contributed by atoms with Crippen molar-refractivity contribution >= 4 is 28.9 Å². The van der Waals surface area contributed by atoms with Crippen molar-refractivity contribution in [1.29, 1.82) is 0 Å². The minimum atomic E-state index is -1.21. The van der Waals surface area contributed by atoms with Crippen LogP contribution in [0.5, 0.6) is 0 Å². The van der Waals surface area contributed by atoms with Gasteiger partial charge in [-0.3, -0.25) is 4.79 Å². The molecule has 4 nitrogen and oxygen atoms in total. The molecule has 0 saturated heterocycles. The fraction of sp³-hybridized carbons (Fsp3) is 0.200. The van der Waals surface area contributed by atoms with E-state index in [1.165, 1.54) is 23.5 Å². The van der Waals surface area contributed by atoms with Crippen molar-refractivity contribution in [2.24, 2.45) is 0 Å². The summed E-state index contributed by atoms with van der Waals surface area (Å²) in [5.41, 5.74) is 0.842. The van der Waals surface area contributed by atoms with Crippen LogP contribution in [0.25, 0.3) is 0 Å². The number of carboxylic acid groups (broad SMARTS) is 1. The van der Waals surface area contributed by atoms with Gasteiger partial charge in [0.25, 0.3) is 5.91 Å². The molecule has 0 aliphatic rings. The van der Waals surface area contributed by atoms with E-state index in [9.17, 15) is 14.0 Å². The molecule has 1 aromatic carbocycles. The summed E-state index contributed by atoms with van der Waals surface area (Å²) in [5.74, 6) is -2.38. The summed E-state index contributed by atoms with van der Waals surface area (Å²) in [5, 5.41) is 11.2. The molecule has 6 heteroatoms. The molecule has 1 aromatic heterocycles. The van der Waals surface area contributed by atoms with Crippen LogP contribution in [-0.4, -0.2) is 17.0 Å². The van der Waals surface area contributed by atoms with Crippen LogP contribution in [0.3, 0.4) is 0 Å². The fourth-order valence-corrected chi connectivity index (χ4v) is 2.93. The van der Waals surface area contributed by atoms with Gasteiger partial charge < -0.3 is 10.4 Å². The first-order valence-electron chi connectivity index (χ1n) is 6.36. The van der Waals surface area contributed by atoms with Crippen LogP contribution < -0.4 is 5.32 Å². The number of carbonyl (C=O) groups is 2. The van der Waals surface area contributed by atoms with Gasteiger partial charge in [0, 0.05) is 4.88 Å². The number of thiophene rings is 1. The Kier molecular flexibility index (Phi) is 4.37. The van der Waals surface area contributed by atoms with Crippen LogP contribution in [0.15, 0.2) is 24.3 Å². The lowest BCUT2D eigenvalue weighted by Crippen LogP contribution is -2.12. The van der Waals surface area contributed by atoms with Crippen LogP contribution in [0.4, 0.5) is 10.1 Å². The first kappa shape index (κ1) is 15.2. The van der Waals surface area contributed by atoms with Crippen molar-refractivity contribution in [2.45, 2.75) is 20.3 Å². The second kappa shape index (κ2) is 6.05. The number of aryl methyl sites for hydroxylation is 2. The zero-order valence-corrected chi connectivity index (χ0v) is 12.4. The Balaban J connectivity index is 2.21. The Morgan fingerprint density at radius 3 is 2.57 bits per heavy atom. The van der Waals surface area contributed by atoms with Crippen molar-refractivity contribution in [3.63, 3.8) is 0 Å². The number of carbonyl (C=O) groups excluding carboxylic acids is 1. The maximum absolute atomic E-state index is 13.8. The number of anilines is 1. The number of halogens is 1. The van der Waals surface area contributed by atoms with Crippen molar-refractivity contribution in [3.05, 3.63) is 51.0 Å². The number of aromatic carboxylic acids is 1. The molecule has 0 unspecified atom stereocenters. The van der Waals surface area contributed by atoms with Crippen molar-refractivity contribution in [2.75, 3.05) is 5.32 Å². The minimum Gasteiger partial charge on any atom is -0.478 e. The van der Waals surface area contributed by atoms with E-state index in [2.05, 4.69) is 5.32 Å². The molecule has 1 heterocycles. The predicted molar refractivity (Wildman–Crippen MR) is 79.7 cm³/mol. The van der Waals surface area contributed by atoms with Crippen LogP contribution in [0, 0.1) is 12.7 Å². The lowest BCUT2D eigenvalue weighted by molar-refractivity contribution is 0.0696. The number of hydrogen-bond acceptors (Lipinski definition) is 3. The van der Waals surface area contributed by atoms with E-state index in [1.54, 1.807) is 6.07 Å². The zero-order chi connectivity index (χ0) is 15.6. The second-order valence-corrected chi connectivity index (χ2v) is 5.66. The van der Waals surface area contributed by atoms with Gasteiger partial charge in [-0.25, -0.2) is 9.18 Å². The molecule has 0 fully saturated rings. The Bertz CT molecular complexity index is 709. The standard InChI is InChI=1S/C15H14FNO3S/c1-3-12-8(2)6-13(21-12)14(18)17-11-5-4-9(15(19)20)7-10(11)16/h4-7H,3H2,1-2H3,(H,17,18)(H,19,20). The van der Waals surface area contributed by atoms with E-state index in [1.807, 2.05) is 13.8 Å². The molecule has 0 aliphatic carbocycles. The van der Waals surface area contributed by atoms with Crippen molar-refractivity contribution in [1.82, 2.24) is 0 Å². The van der Waals surface area contributed by atoms with Crippen molar-refractivity contribution < 1.29 is 19.1 Å². The minimum absolute atomic E-state index is 0.0332. The number of amides is 1. The molecule has 110 valence electrons. The van der Waals surface area contributed by atoms with E-state index in [4.69, 9.17) is 5.11 Å². The van der Waals surface area contributed by atoms with Gasteiger partial charge in [-0.05, 0) is 43.2 Å². The Morgan fingerprint density at radius 2 is 2.05 bits per heavy atom. The molecule has 0 bridgehead atoms. The average Bonchev–Trinajstić information content (AvgIpc) is 2.82. The maximum atomic E-state index is 13.8. The summed E-state index contributed by atoms with van der Waals surface area (Å²) in [4.78, 5) is 24.4. The van der Waals surface area contributed by atoms with Crippen LogP contribution in [0.2, 0.25) is 0 Å². The number of benzene rings is 1. The number of hydrogen-bond donors (Lipinski definition) is 2. The second-order valence-electron chi connectivity index (χ2n) is 4.52. The number of carboxylic acids is 1.